The maximum Gasteiger partial charge on any atom is 0.327 e. The van der Waals surface area contributed by atoms with E-state index in [-0.39, 0.29) is 53.7 Å². The van der Waals surface area contributed by atoms with Crippen LogP contribution in [0.15, 0.2) is 34.8 Å². The zero-order chi connectivity index (χ0) is 32.1. The van der Waals surface area contributed by atoms with Gasteiger partial charge in [-0.2, -0.15) is 0 Å². The van der Waals surface area contributed by atoms with Crippen LogP contribution < -0.4 is 15.4 Å². The number of imide groups is 1. The number of amides is 4. The number of carbonyl (C=O) groups excluding carboxylic acids is 3. The number of halogens is 2. The molecule has 4 amide bonds. The Kier molecular flexibility index (Phi) is 7.99. The van der Waals surface area contributed by atoms with Crippen LogP contribution in [0, 0.1) is 11.6 Å². The van der Waals surface area contributed by atoms with E-state index in [4.69, 9.17) is 13.9 Å². The molecule has 3 aromatic rings. The van der Waals surface area contributed by atoms with Gasteiger partial charge in [-0.05, 0) is 36.2 Å². The van der Waals surface area contributed by atoms with E-state index < -0.39 is 43.1 Å². The van der Waals surface area contributed by atoms with E-state index in [2.05, 4.69) is 35.3 Å². The average Bonchev–Trinajstić information content (AvgIpc) is 3.63. The van der Waals surface area contributed by atoms with Crippen molar-refractivity contribution in [1.29, 1.82) is 0 Å². The maximum atomic E-state index is 15.2. The molecule has 0 bridgehead atoms. The smallest absolute Gasteiger partial charge is 0.327 e. The van der Waals surface area contributed by atoms with Gasteiger partial charge in [0.05, 0.1) is 19.2 Å². The summed E-state index contributed by atoms with van der Waals surface area (Å²) in [4.78, 5) is 47.7. The summed E-state index contributed by atoms with van der Waals surface area (Å²) in [5, 5.41) is 5.91. The Labute approximate surface area is 259 Å². The molecule has 1 fully saturated rings. The fourth-order valence-corrected chi connectivity index (χ4v) is 6.57. The molecule has 238 valence electrons. The first-order valence-corrected chi connectivity index (χ1v) is 18.5. The molecule has 0 radical (unpaired) electrons. The minimum absolute atomic E-state index is 0.0217. The highest BCUT2D eigenvalue weighted by Crippen LogP contribution is 2.38. The van der Waals surface area contributed by atoms with Crippen LogP contribution in [0.1, 0.15) is 33.8 Å². The van der Waals surface area contributed by atoms with Crippen LogP contribution >= 0.6 is 0 Å². The highest BCUT2D eigenvalue weighted by molar-refractivity contribution is 6.76. The number of ether oxygens (including phenoxy) is 2. The number of rotatable bonds is 10. The Hall–Kier alpha value is -4.14. The summed E-state index contributed by atoms with van der Waals surface area (Å²) in [7, 11) is -0.137. The van der Waals surface area contributed by atoms with Crippen molar-refractivity contribution >= 4 is 42.6 Å². The van der Waals surface area contributed by atoms with Crippen molar-refractivity contribution in [2.45, 2.75) is 44.2 Å². The average molecular weight is 640 g/mol. The monoisotopic (exact) mass is 639 g/mol. The number of hydrogen-bond donors (Lipinski definition) is 2. The molecule has 14 heteroatoms. The highest BCUT2D eigenvalue weighted by atomic mass is 28.3. The molecule has 3 aliphatic rings. The van der Waals surface area contributed by atoms with Crippen molar-refractivity contribution in [2.24, 2.45) is 0 Å². The normalized spacial score (nSPS) is 20.2. The SMILES string of the molecule is COc1ccc2c(c1F)C(=O)N(C[C@@]1(c3cc4nc(C5=CCNCC5)c(F)cc4o3)NC(=O)N(COCC[Si](C)(C)C)C1=O)C2. The van der Waals surface area contributed by atoms with Gasteiger partial charge in [0.25, 0.3) is 11.8 Å². The van der Waals surface area contributed by atoms with Gasteiger partial charge < -0.3 is 29.4 Å². The molecule has 2 aromatic heterocycles. The molecule has 0 unspecified atom stereocenters. The van der Waals surface area contributed by atoms with E-state index in [0.29, 0.717) is 31.7 Å². The number of urea groups is 1. The second-order valence-electron chi connectivity index (χ2n) is 12.7. The van der Waals surface area contributed by atoms with Crippen LogP contribution in [-0.2, 0) is 21.6 Å². The van der Waals surface area contributed by atoms with Crippen LogP contribution in [0.5, 0.6) is 5.75 Å². The van der Waals surface area contributed by atoms with E-state index >= 15 is 8.78 Å². The minimum atomic E-state index is -1.91. The lowest BCUT2D eigenvalue weighted by Crippen LogP contribution is -2.52. The van der Waals surface area contributed by atoms with E-state index in [0.717, 1.165) is 16.5 Å². The van der Waals surface area contributed by atoms with E-state index in [1.807, 2.05) is 6.08 Å². The molecule has 6 rings (SSSR count). The number of nitrogens with zero attached hydrogens (tertiary/aromatic N) is 3. The topological polar surface area (TPSA) is 126 Å². The molecule has 0 saturated carbocycles. The molecule has 2 N–H and O–H groups in total. The third-order valence-electron chi connectivity index (χ3n) is 8.34. The molecule has 0 spiro atoms. The number of pyridine rings is 1. The molecule has 11 nitrogen and oxygen atoms in total. The van der Waals surface area contributed by atoms with Gasteiger partial charge in [-0.15, -0.1) is 0 Å². The number of fused-ring (bicyclic) bond motifs is 2. The van der Waals surface area contributed by atoms with Crippen molar-refractivity contribution in [3.63, 3.8) is 0 Å². The lowest BCUT2D eigenvalue weighted by molar-refractivity contribution is -0.136. The quantitative estimate of drug-likeness (QED) is 0.192. The van der Waals surface area contributed by atoms with Gasteiger partial charge >= 0.3 is 6.03 Å². The van der Waals surface area contributed by atoms with E-state index in [9.17, 15) is 14.4 Å². The van der Waals surface area contributed by atoms with Gasteiger partial charge in [0.2, 0.25) is 0 Å². The molecular weight excluding hydrogens is 604 g/mol. The van der Waals surface area contributed by atoms with Gasteiger partial charge in [-0.1, -0.05) is 31.8 Å². The largest absolute Gasteiger partial charge is 0.494 e. The number of furan rings is 1. The molecule has 45 heavy (non-hydrogen) atoms. The Morgan fingerprint density at radius 3 is 2.67 bits per heavy atom. The maximum absolute atomic E-state index is 15.2. The van der Waals surface area contributed by atoms with Crippen molar-refractivity contribution in [3.8, 4) is 5.75 Å². The van der Waals surface area contributed by atoms with Gasteiger partial charge in [-0.3, -0.25) is 9.59 Å². The Morgan fingerprint density at radius 2 is 1.96 bits per heavy atom. The second kappa shape index (κ2) is 11.7. The van der Waals surface area contributed by atoms with E-state index in [1.54, 1.807) is 6.07 Å². The summed E-state index contributed by atoms with van der Waals surface area (Å²) in [6, 6.07) is 5.77. The van der Waals surface area contributed by atoms with Crippen molar-refractivity contribution in [3.05, 3.63) is 64.6 Å². The predicted molar refractivity (Wildman–Crippen MR) is 163 cm³/mol. The van der Waals surface area contributed by atoms with Crippen molar-refractivity contribution < 1.29 is 37.1 Å². The van der Waals surface area contributed by atoms with Crippen LogP contribution in [0.25, 0.3) is 16.7 Å². The van der Waals surface area contributed by atoms with Crippen LogP contribution in [-0.4, -0.2) is 80.8 Å². The number of aromatic nitrogens is 1. The Morgan fingerprint density at radius 1 is 1.16 bits per heavy atom. The second-order valence-corrected chi connectivity index (χ2v) is 18.3. The number of methoxy groups -OCH3 is 1. The Balaban J connectivity index is 1.37. The van der Waals surface area contributed by atoms with Crippen molar-refractivity contribution in [1.82, 2.24) is 25.4 Å². The van der Waals surface area contributed by atoms with Gasteiger partial charge in [0.15, 0.2) is 28.5 Å². The molecule has 5 heterocycles. The van der Waals surface area contributed by atoms with Crippen LogP contribution in [0.4, 0.5) is 13.6 Å². The first-order valence-electron chi connectivity index (χ1n) is 14.8. The summed E-state index contributed by atoms with van der Waals surface area (Å²) in [5.74, 6) is -2.91. The van der Waals surface area contributed by atoms with Gasteiger partial charge in [0, 0.05) is 39.9 Å². The molecular formula is C31H35F2N5O6Si. The van der Waals surface area contributed by atoms with Crippen LogP contribution in [0.3, 0.4) is 0 Å². The van der Waals surface area contributed by atoms with Crippen LogP contribution in [0.2, 0.25) is 25.7 Å². The van der Waals surface area contributed by atoms with E-state index in [1.165, 1.54) is 30.2 Å². The number of nitrogens with one attached hydrogen (secondary N) is 2. The first kappa shape index (κ1) is 30.9. The summed E-state index contributed by atoms with van der Waals surface area (Å²) < 4.78 is 47.2. The molecule has 1 aromatic carbocycles. The fraction of sp³-hybridized carbons (Fsp3) is 0.419. The summed E-state index contributed by atoms with van der Waals surface area (Å²) in [6.45, 7) is 7.47. The third kappa shape index (κ3) is 5.62. The molecule has 1 atom stereocenters. The van der Waals surface area contributed by atoms with Crippen molar-refractivity contribution in [2.75, 3.05) is 40.1 Å². The summed E-state index contributed by atoms with van der Waals surface area (Å²) in [5.41, 5.74) is -0.401. The zero-order valence-electron chi connectivity index (χ0n) is 25.6. The lowest BCUT2D eigenvalue weighted by Gasteiger charge is -2.29. The molecule has 1 saturated heterocycles. The molecule has 0 aliphatic carbocycles. The Bertz CT molecular complexity index is 1740. The zero-order valence-corrected chi connectivity index (χ0v) is 26.6. The minimum Gasteiger partial charge on any atom is -0.494 e. The van der Waals surface area contributed by atoms with Gasteiger partial charge in [-0.25, -0.2) is 23.5 Å². The first-order chi connectivity index (χ1) is 21.4. The number of benzene rings is 1. The van der Waals surface area contributed by atoms with Gasteiger partial charge in [0.1, 0.15) is 23.7 Å². The summed E-state index contributed by atoms with van der Waals surface area (Å²) >= 11 is 0. The molecule has 3 aliphatic heterocycles. The fourth-order valence-electron chi connectivity index (χ4n) is 5.81. The number of hydrogen-bond acceptors (Lipinski definition) is 8. The third-order valence-corrected chi connectivity index (χ3v) is 10.0. The summed E-state index contributed by atoms with van der Waals surface area (Å²) in [6.07, 6.45) is 2.46. The predicted octanol–water partition coefficient (Wildman–Crippen LogP) is 4.21. The number of carbonyl (C=O) groups is 3. The lowest BCUT2D eigenvalue weighted by atomic mass is 9.95. The highest BCUT2D eigenvalue weighted by Gasteiger charge is 2.57. The standard InChI is InChI=1S/C31H35F2N5O6Si/c1-42-22-6-5-19-15-37(28(39)25(19)26(22)33)16-31(29(40)38(30(41)36-31)17-43-11-12-45(2,3)4)24-14-21-23(44-24)13-20(32)27(35-21)18-7-9-34-10-8-18/h5-7,13-14,34H,8-12,15-17H2,1-4H3,(H,36,41)/t31-/m0/s1.